The minimum Gasteiger partial charge on any atom is -0.459 e. The molecule has 0 radical (unpaired) electrons. The van der Waals surface area contributed by atoms with Crippen molar-refractivity contribution in [1.29, 1.82) is 0 Å². The second-order valence-corrected chi connectivity index (χ2v) is 5.50. The Labute approximate surface area is 126 Å². The maximum atomic E-state index is 12.1. The van der Waals surface area contributed by atoms with Crippen LogP contribution in [0.1, 0.15) is 10.4 Å². The molecular formula is C13H7BrN2O3S. The van der Waals surface area contributed by atoms with Gasteiger partial charge in [-0.05, 0) is 24.3 Å². The molecule has 20 heavy (non-hydrogen) atoms. The molecule has 5 nitrogen and oxygen atoms in total. The smallest absolute Gasteiger partial charge is 0.284 e. The Kier molecular flexibility index (Phi) is 3.70. The number of benzene rings is 1. The number of furan rings is 1. The third kappa shape index (κ3) is 2.68. The van der Waals surface area contributed by atoms with E-state index in [9.17, 15) is 4.79 Å². The molecule has 0 spiro atoms. The monoisotopic (exact) mass is 350 g/mol. The van der Waals surface area contributed by atoms with Crippen molar-refractivity contribution in [2.45, 2.75) is 5.22 Å². The highest BCUT2D eigenvalue weighted by molar-refractivity contribution is 9.10. The fraction of sp³-hybridized carbons (Fsp3) is 0. The molecule has 2 heterocycles. The van der Waals surface area contributed by atoms with Crippen LogP contribution in [0.15, 0.2) is 61.2 Å². The van der Waals surface area contributed by atoms with Crippen molar-refractivity contribution in [3.63, 3.8) is 0 Å². The largest absolute Gasteiger partial charge is 0.459 e. The number of hydrogen-bond acceptors (Lipinski definition) is 6. The molecule has 0 aliphatic rings. The Morgan fingerprint density at radius 3 is 2.75 bits per heavy atom. The zero-order chi connectivity index (χ0) is 13.9. The van der Waals surface area contributed by atoms with Crippen LogP contribution in [-0.4, -0.2) is 15.3 Å². The summed E-state index contributed by atoms with van der Waals surface area (Å²) in [4.78, 5) is 12.1. The Balaban J connectivity index is 1.79. The van der Waals surface area contributed by atoms with E-state index in [1.807, 2.05) is 6.07 Å². The predicted octanol–water partition coefficient (Wildman–Crippen LogP) is 4.02. The molecular weight excluding hydrogens is 344 g/mol. The summed E-state index contributed by atoms with van der Waals surface area (Å²) >= 11 is 4.21. The average molecular weight is 351 g/mol. The summed E-state index contributed by atoms with van der Waals surface area (Å²) in [5, 5.41) is 7.65. The average Bonchev–Trinajstić information content (AvgIpc) is 3.09. The van der Waals surface area contributed by atoms with Gasteiger partial charge in [-0.1, -0.05) is 28.1 Å². The molecule has 0 aliphatic carbocycles. The fourth-order valence-electron chi connectivity index (χ4n) is 1.51. The molecule has 0 saturated heterocycles. The van der Waals surface area contributed by atoms with Crippen molar-refractivity contribution < 1.29 is 13.6 Å². The molecule has 0 atom stereocenters. The van der Waals surface area contributed by atoms with Crippen molar-refractivity contribution >= 4 is 32.8 Å². The lowest BCUT2D eigenvalue weighted by atomic mass is 10.2. The van der Waals surface area contributed by atoms with Crippen LogP contribution in [0.3, 0.4) is 0 Å². The quantitative estimate of drug-likeness (QED) is 0.664. The molecule has 7 heteroatoms. The standard InChI is InChI=1S/C13H7BrN2O3S/c14-9-5-2-1-4-8(9)12(17)20-13-16-15-11(19-13)10-6-3-7-18-10/h1-7H. The third-order valence-electron chi connectivity index (χ3n) is 2.41. The van der Waals surface area contributed by atoms with Crippen LogP contribution >= 0.6 is 27.7 Å². The predicted molar refractivity (Wildman–Crippen MR) is 76.3 cm³/mol. The molecule has 0 amide bonds. The second-order valence-electron chi connectivity index (χ2n) is 3.72. The number of rotatable bonds is 3. The van der Waals surface area contributed by atoms with Crippen molar-refractivity contribution in [2.75, 3.05) is 0 Å². The lowest BCUT2D eigenvalue weighted by Gasteiger charge is -1.99. The van der Waals surface area contributed by atoms with Crippen LogP contribution in [-0.2, 0) is 0 Å². The van der Waals surface area contributed by atoms with Crippen LogP contribution in [0.4, 0.5) is 0 Å². The van der Waals surface area contributed by atoms with Gasteiger partial charge in [0.2, 0.25) is 5.12 Å². The lowest BCUT2D eigenvalue weighted by Crippen LogP contribution is -1.94. The van der Waals surface area contributed by atoms with E-state index in [2.05, 4.69) is 26.1 Å². The highest BCUT2D eigenvalue weighted by Crippen LogP contribution is 2.28. The van der Waals surface area contributed by atoms with Gasteiger partial charge in [-0.2, -0.15) is 0 Å². The molecule has 1 aromatic carbocycles. The molecule has 0 saturated carbocycles. The maximum Gasteiger partial charge on any atom is 0.284 e. The van der Waals surface area contributed by atoms with Crippen molar-refractivity contribution in [3.8, 4) is 11.7 Å². The molecule has 0 N–H and O–H groups in total. The summed E-state index contributed by atoms with van der Waals surface area (Å²) in [6.07, 6.45) is 1.51. The van der Waals surface area contributed by atoms with Crippen LogP contribution in [0.5, 0.6) is 0 Å². The van der Waals surface area contributed by atoms with Gasteiger partial charge < -0.3 is 8.83 Å². The highest BCUT2D eigenvalue weighted by atomic mass is 79.9. The normalized spacial score (nSPS) is 10.7. The number of aromatic nitrogens is 2. The lowest BCUT2D eigenvalue weighted by molar-refractivity contribution is 0.108. The summed E-state index contributed by atoms with van der Waals surface area (Å²) < 4.78 is 11.2. The van der Waals surface area contributed by atoms with Gasteiger partial charge in [0.25, 0.3) is 11.1 Å². The van der Waals surface area contributed by atoms with Crippen LogP contribution in [0.2, 0.25) is 0 Å². The van der Waals surface area contributed by atoms with E-state index < -0.39 is 0 Å². The highest BCUT2D eigenvalue weighted by Gasteiger charge is 2.17. The summed E-state index contributed by atoms with van der Waals surface area (Å²) in [6, 6.07) is 10.6. The van der Waals surface area contributed by atoms with Crippen LogP contribution in [0.25, 0.3) is 11.7 Å². The molecule has 3 aromatic rings. The first-order chi connectivity index (χ1) is 9.74. The maximum absolute atomic E-state index is 12.1. The van der Waals surface area contributed by atoms with Gasteiger partial charge in [-0.25, -0.2) is 0 Å². The molecule has 100 valence electrons. The van der Waals surface area contributed by atoms with Crippen LogP contribution in [0, 0.1) is 0 Å². The van der Waals surface area contributed by atoms with Crippen molar-refractivity contribution in [3.05, 3.63) is 52.7 Å². The Morgan fingerprint density at radius 2 is 2.00 bits per heavy atom. The van der Waals surface area contributed by atoms with E-state index in [1.54, 1.807) is 30.3 Å². The first-order valence-electron chi connectivity index (χ1n) is 5.58. The minimum absolute atomic E-state index is 0.174. The fourth-order valence-corrected chi connectivity index (χ4v) is 2.76. The number of nitrogens with zero attached hydrogens (tertiary/aromatic N) is 2. The van der Waals surface area contributed by atoms with Crippen molar-refractivity contribution in [2.24, 2.45) is 0 Å². The topological polar surface area (TPSA) is 69.1 Å². The minimum atomic E-state index is -0.174. The van der Waals surface area contributed by atoms with Crippen molar-refractivity contribution in [1.82, 2.24) is 10.2 Å². The number of thioether (sulfide) groups is 1. The molecule has 2 aromatic heterocycles. The zero-order valence-electron chi connectivity index (χ0n) is 9.95. The van der Waals surface area contributed by atoms with E-state index in [0.29, 0.717) is 11.3 Å². The molecule has 0 unspecified atom stereocenters. The summed E-state index contributed by atoms with van der Waals surface area (Å²) in [5.41, 5.74) is 0.551. The van der Waals surface area contributed by atoms with E-state index >= 15 is 0 Å². The third-order valence-corrected chi connectivity index (χ3v) is 3.85. The van der Waals surface area contributed by atoms with Gasteiger partial charge in [0.15, 0.2) is 5.76 Å². The number of halogens is 1. The van der Waals surface area contributed by atoms with E-state index in [-0.39, 0.29) is 16.2 Å². The van der Waals surface area contributed by atoms with Gasteiger partial charge in [0, 0.05) is 21.8 Å². The van der Waals surface area contributed by atoms with Gasteiger partial charge in [-0.15, -0.1) is 10.2 Å². The Hall–Kier alpha value is -1.86. The first-order valence-corrected chi connectivity index (χ1v) is 7.19. The molecule has 0 fully saturated rings. The van der Waals surface area contributed by atoms with Crippen LogP contribution < -0.4 is 0 Å². The van der Waals surface area contributed by atoms with Gasteiger partial charge in [0.1, 0.15) is 0 Å². The van der Waals surface area contributed by atoms with E-state index in [1.165, 1.54) is 6.26 Å². The number of carbonyl (C=O) groups is 1. The first kappa shape index (κ1) is 13.1. The number of carbonyl (C=O) groups excluding carboxylic acids is 1. The summed E-state index contributed by atoms with van der Waals surface area (Å²) in [7, 11) is 0. The second kappa shape index (κ2) is 5.64. The Morgan fingerprint density at radius 1 is 1.15 bits per heavy atom. The Bertz CT molecular complexity index is 740. The summed E-state index contributed by atoms with van der Waals surface area (Å²) in [5.74, 6) is 0.718. The van der Waals surface area contributed by atoms with E-state index in [0.717, 1.165) is 16.2 Å². The molecule has 3 rings (SSSR count). The molecule has 0 aliphatic heterocycles. The molecule has 0 bridgehead atoms. The number of hydrogen-bond donors (Lipinski definition) is 0. The van der Waals surface area contributed by atoms with Gasteiger partial charge >= 0.3 is 0 Å². The van der Waals surface area contributed by atoms with Gasteiger partial charge in [-0.3, -0.25) is 4.79 Å². The summed E-state index contributed by atoms with van der Waals surface area (Å²) in [6.45, 7) is 0. The van der Waals surface area contributed by atoms with Gasteiger partial charge in [0.05, 0.1) is 6.26 Å². The SMILES string of the molecule is O=C(Sc1nnc(-c2ccco2)o1)c1ccccc1Br. The van der Waals surface area contributed by atoms with E-state index in [4.69, 9.17) is 8.83 Å². The zero-order valence-corrected chi connectivity index (χ0v) is 12.3.